The number of ether oxygens (including phenoxy) is 1. The Kier molecular flexibility index (Phi) is 3.57. The van der Waals surface area contributed by atoms with Crippen molar-refractivity contribution in [3.8, 4) is 28.6 Å². The summed E-state index contributed by atoms with van der Waals surface area (Å²) < 4.78 is 10.6. The molecule has 1 aromatic heterocycles. The minimum absolute atomic E-state index is 0.232. The van der Waals surface area contributed by atoms with Gasteiger partial charge >= 0.3 is 0 Å². The average molecular weight is 295 g/mol. The molecule has 0 aliphatic carbocycles. The number of nitrogens with zero attached hydrogens (tertiary/aromatic N) is 2. The van der Waals surface area contributed by atoms with Crippen molar-refractivity contribution in [2.75, 3.05) is 7.11 Å². The SMILES string of the molecule is COc1ccccc1-c1noc(-c2ccccc2C(N)=O)n1. The number of hydrogen-bond acceptors (Lipinski definition) is 5. The van der Waals surface area contributed by atoms with Gasteiger partial charge in [0.05, 0.1) is 23.8 Å². The molecule has 0 bridgehead atoms. The van der Waals surface area contributed by atoms with E-state index in [9.17, 15) is 4.79 Å². The van der Waals surface area contributed by atoms with E-state index in [-0.39, 0.29) is 5.89 Å². The van der Waals surface area contributed by atoms with Crippen LogP contribution in [-0.2, 0) is 0 Å². The number of rotatable bonds is 4. The molecule has 3 rings (SSSR count). The molecule has 0 radical (unpaired) electrons. The van der Waals surface area contributed by atoms with Gasteiger partial charge in [-0.3, -0.25) is 4.79 Å². The van der Waals surface area contributed by atoms with Crippen molar-refractivity contribution < 1.29 is 14.1 Å². The largest absolute Gasteiger partial charge is 0.496 e. The van der Waals surface area contributed by atoms with Gasteiger partial charge < -0.3 is 15.0 Å². The van der Waals surface area contributed by atoms with Crippen LogP contribution >= 0.6 is 0 Å². The standard InChI is InChI=1S/C16H13N3O3/c1-21-13-9-5-4-8-12(13)15-18-16(22-19-15)11-7-3-2-6-10(11)14(17)20/h2-9H,1H3,(H2,17,20). The number of carbonyl (C=O) groups is 1. The number of primary amides is 1. The highest BCUT2D eigenvalue weighted by Gasteiger charge is 2.17. The van der Waals surface area contributed by atoms with E-state index in [1.54, 1.807) is 31.4 Å². The summed E-state index contributed by atoms with van der Waals surface area (Å²) in [5, 5.41) is 3.95. The van der Waals surface area contributed by atoms with Gasteiger partial charge in [0.25, 0.3) is 5.89 Å². The summed E-state index contributed by atoms with van der Waals surface area (Å²) >= 11 is 0. The van der Waals surface area contributed by atoms with Gasteiger partial charge in [0.2, 0.25) is 11.7 Å². The van der Waals surface area contributed by atoms with E-state index in [4.69, 9.17) is 15.0 Å². The first-order valence-corrected chi connectivity index (χ1v) is 6.57. The lowest BCUT2D eigenvalue weighted by Crippen LogP contribution is -2.12. The lowest BCUT2D eigenvalue weighted by molar-refractivity contribution is 0.100. The Morgan fingerprint density at radius 2 is 1.77 bits per heavy atom. The van der Waals surface area contributed by atoms with Gasteiger partial charge in [-0.2, -0.15) is 4.98 Å². The van der Waals surface area contributed by atoms with Gasteiger partial charge in [0.15, 0.2) is 0 Å². The van der Waals surface area contributed by atoms with Crippen LogP contribution in [0.5, 0.6) is 5.75 Å². The minimum atomic E-state index is -0.548. The number of aromatic nitrogens is 2. The predicted molar refractivity (Wildman–Crippen MR) is 80.2 cm³/mol. The Balaban J connectivity index is 2.07. The molecule has 0 aliphatic heterocycles. The summed E-state index contributed by atoms with van der Waals surface area (Å²) in [6.45, 7) is 0. The van der Waals surface area contributed by atoms with E-state index in [1.807, 2.05) is 24.3 Å². The first-order valence-electron chi connectivity index (χ1n) is 6.57. The van der Waals surface area contributed by atoms with Crippen LogP contribution < -0.4 is 10.5 Å². The van der Waals surface area contributed by atoms with Gasteiger partial charge in [-0.25, -0.2) is 0 Å². The van der Waals surface area contributed by atoms with E-state index >= 15 is 0 Å². The summed E-state index contributed by atoms with van der Waals surface area (Å²) in [4.78, 5) is 15.8. The molecular weight excluding hydrogens is 282 g/mol. The highest BCUT2D eigenvalue weighted by molar-refractivity contribution is 5.98. The number of amides is 1. The molecule has 22 heavy (non-hydrogen) atoms. The fourth-order valence-corrected chi connectivity index (χ4v) is 2.16. The molecule has 0 atom stereocenters. The fraction of sp³-hybridized carbons (Fsp3) is 0.0625. The van der Waals surface area contributed by atoms with Crippen LogP contribution in [0, 0.1) is 0 Å². The van der Waals surface area contributed by atoms with Crippen molar-refractivity contribution in [1.29, 1.82) is 0 Å². The zero-order valence-electron chi connectivity index (χ0n) is 11.8. The van der Waals surface area contributed by atoms with Crippen molar-refractivity contribution in [2.45, 2.75) is 0 Å². The maximum atomic E-state index is 11.5. The smallest absolute Gasteiger partial charge is 0.259 e. The maximum Gasteiger partial charge on any atom is 0.259 e. The van der Waals surface area contributed by atoms with Crippen molar-refractivity contribution >= 4 is 5.91 Å². The minimum Gasteiger partial charge on any atom is -0.496 e. The number of hydrogen-bond donors (Lipinski definition) is 1. The van der Waals surface area contributed by atoms with Crippen molar-refractivity contribution in [3.63, 3.8) is 0 Å². The number of methoxy groups -OCH3 is 1. The normalized spacial score (nSPS) is 10.4. The van der Waals surface area contributed by atoms with E-state index in [0.717, 1.165) is 0 Å². The monoisotopic (exact) mass is 295 g/mol. The fourth-order valence-electron chi connectivity index (χ4n) is 2.16. The highest BCUT2D eigenvalue weighted by Crippen LogP contribution is 2.30. The van der Waals surface area contributed by atoms with Crippen LogP contribution in [-0.4, -0.2) is 23.2 Å². The van der Waals surface area contributed by atoms with Crippen molar-refractivity contribution in [1.82, 2.24) is 10.1 Å². The van der Waals surface area contributed by atoms with Gasteiger partial charge in [-0.05, 0) is 24.3 Å². The first kappa shape index (κ1) is 13.8. The third-order valence-electron chi connectivity index (χ3n) is 3.20. The predicted octanol–water partition coefficient (Wildman–Crippen LogP) is 2.51. The van der Waals surface area contributed by atoms with Crippen LogP contribution in [0.2, 0.25) is 0 Å². The molecule has 1 heterocycles. The van der Waals surface area contributed by atoms with E-state index in [1.165, 1.54) is 0 Å². The van der Waals surface area contributed by atoms with E-state index < -0.39 is 5.91 Å². The van der Waals surface area contributed by atoms with E-state index in [0.29, 0.717) is 28.3 Å². The van der Waals surface area contributed by atoms with Crippen LogP contribution in [0.15, 0.2) is 53.1 Å². The Morgan fingerprint density at radius 3 is 2.50 bits per heavy atom. The molecule has 2 aromatic carbocycles. The zero-order valence-corrected chi connectivity index (χ0v) is 11.8. The summed E-state index contributed by atoms with van der Waals surface area (Å²) in [7, 11) is 1.57. The lowest BCUT2D eigenvalue weighted by Gasteiger charge is -2.03. The van der Waals surface area contributed by atoms with Crippen LogP contribution in [0.3, 0.4) is 0 Å². The second-order valence-corrected chi connectivity index (χ2v) is 4.53. The molecule has 0 fully saturated rings. The molecule has 2 N–H and O–H groups in total. The lowest BCUT2D eigenvalue weighted by atomic mass is 10.1. The van der Waals surface area contributed by atoms with Crippen LogP contribution in [0.4, 0.5) is 0 Å². The molecule has 0 saturated carbocycles. The number of nitrogens with two attached hydrogens (primary N) is 1. The maximum absolute atomic E-state index is 11.5. The Hall–Kier alpha value is -3.15. The Labute approximate surface area is 126 Å². The quantitative estimate of drug-likeness (QED) is 0.798. The van der Waals surface area contributed by atoms with Gasteiger partial charge in [-0.1, -0.05) is 29.4 Å². The number of benzene rings is 2. The summed E-state index contributed by atoms with van der Waals surface area (Å²) in [5.74, 6) is 0.702. The number of carbonyl (C=O) groups excluding carboxylic acids is 1. The van der Waals surface area contributed by atoms with Crippen molar-refractivity contribution in [3.05, 3.63) is 54.1 Å². The molecule has 6 nitrogen and oxygen atoms in total. The molecular formula is C16H13N3O3. The summed E-state index contributed by atoms with van der Waals surface area (Å²) in [6, 6.07) is 14.2. The van der Waals surface area contributed by atoms with Crippen LogP contribution in [0.1, 0.15) is 10.4 Å². The highest BCUT2D eigenvalue weighted by atomic mass is 16.5. The molecule has 1 amide bonds. The third kappa shape index (κ3) is 2.42. The second-order valence-electron chi connectivity index (χ2n) is 4.53. The van der Waals surface area contributed by atoms with Crippen LogP contribution in [0.25, 0.3) is 22.8 Å². The van der Waals surface area contributed by atoms with Gasteiger partial charge in [0, 0.05) is 0 Å². The molecule has 110 valence electrons. The Bertz CT molecular complexity index is 827. The molecule has 0 saturated heterocycles. The molecule has 3 aromatic rings. The van der Waals surface area contributed by atoms with E-state index in [2.05, 4.69) is 10.1 Å². The first-order chi connectivity index (χ1) is 10.7. The molecule has 6 heteroatoms. The van der Waals surface area contributed by atoms with Gasteiger partial charge in [0.1, 0.15) is 5.75 Å². The zero-order chi connectivity index (χ0) is 15.5. The number of para-hydroxylation sites is 1. The second kappa shape index (κ2) is 5.69. The molecule has 0 unspecified atom stereocenters. The van der Waals surface area contributed by atoms with Crippen molar-refractivity contribution in [2.24, 2.45) is 5.73 Å². The molecule has 0 aliphatic rings. The summed E-state index contributed by atoms with van der Waals surface area (Å²) in [6.07, 6.45) is 0. The third-order valence-corrected chi connectivity index (χ3v) is 3.20. The molecule has 0 spiro atoms. The average Bonchev–Trinajstić information content (AvgIpc) is 3.04. The Morgan fingerprint density at radius 1 is 1.09 bits per heavy atom. The summed E-state index contributed by atoms with van der Waals surface area (Å²) in [5.41, 5.74) is 6.91. The topological polar surface area (TPSA) is 91.2 Å². The van der Waals surface area contributed by atoms with Gasteiger partial charge in [-0.15, -0.1) is 0 Å².